The second kappa shape index (κ2) is 8.02. The number of nitrogens with zero attached hydrogens (tertiary/aromatic N) is 1. The second-order valence-corrected chi connectivity index (χ2v) is 4.44. The number of hydrogen-bond acceptors (Lipinski definition) is 3. The molecule has 0 aliphatic rings. The van der Waals surface area contributed by atoms with Gasteiger partial charge in [0, 0.05) is 26.1 Å². The summed E-state index contributed by atoms with van der Waals surface area (Å²) in [6.07, 6.45) is 0.302. The van der Waals surface area contributed by atoms with Gasteiger partial charge in [0.25, 0.3) is 5.91 Å². The minimum absolute atomic E-state index is 0.0596. The van der Waals surface area contributed by atoms with E-state index >= 15 is 0 Å². The molecule has 2 amide bonds. The van der Waals surface area contributed by atoms with Crippen molar-refractivity contribution in [2.45, 2.75) is 6.42 Å². The molecule has 0 aromatic heterocycles. The van der Waals surface area contributed by atoms with Crippen LogP contribution in [0.4, 0.5) is 4.39 Å². The zero-order valence-corrected chi connectivity index (χ0v) is 11.9. The van der Waals surface area contributed by atoms with E-state index in [1.165, 1.54) is 17.0 Å². The summed E-state index contributed by atoms with van der Waals surface area (Å²) >= 11 is 0. The van der Waals surface area contributed by atoms with Crippen LogP contribution in [0, 0.1) is 17.7 Å². The highest BCUT2D eigenvalue weighted by molar-refractivity contribution is 5.96. The molecule has 0 fully saturated rings. The standard InChI is InChI=1S/C15H17FN2O3/c1-18(2)14(20)10-17-15(21)12-7-6-11(9-13(12)16)5-3-4-8-19/h6-7,9,19H,4,8,10H2,1-2H3,(H,17,21). The Morgan fingerprint density at radius 3 is 2.67 bits per heavy atom. The van der Waals surface area contributed by atoms with Crippen LogP contribution in [-0.2, 0) is 4.79 Å². The van der Waals surface area contributed by atoms with Gasteiger partial charge in [-0.05, 0) is 18.2 Å². The van der Waals surface area contributed by atoms with Gasteiger partial charge >= 0.3 is 0 Å². The van der Waals surface area contributed by atoms with Gasteiger partial charge in [-0.3, -0.25) is 9.59 Å². The van der Waals surface area contributed by atoms with Crippen LogP contribution in [0.15, 0.2) is 18.2 Å². The Morgan fingerprint density at radius 2 is 2.10 bits per heavy atom. The largest absolute Gasteiger partial charge is 0.395 e. The topological polar surface area (TPSA) is 69.6 Å². The molecule has 1 aromatic rings. The predicted octanol–water partition coefficient (Wildman–Crippen LogP) is 0.378. The van der Waals surface area contributed by atoms with Crippen molar-refractivity contribution in [3.05, 3.63) is 35.1 Å². The van der Waals surface area contributed by atoms with Gasteiger partial charge < -0.3 is 15.3 Å². The normalized spacial score (nSPS) is 9.52. The van der Waals surface area contributed by atoms with E-state index in [2.05, 4.69) is 17.2 Å². The van der Waals surface area contributed by atoms with Crippen LogP contribution < -0.4 is 5.32 Å². The van der Waals surface area contributed by atoms with Crippen molar-refractivity contribution in [1.82, 2.24) is 10.2 Å². The van der Waals surface area contributed by atoms with Crippen molar-refractivity contribution in [1.29, 1.82) is 0 Å². The molecule has 2 N–H and O–H groups in total. The lowest BCUT2D eigenvalue weighted by molar-refractivity contribution is -0.127. The van der Waals surface area contributed by atoms with Crippen LogP contribution in [0.25, 0.3) is 0 Å². The van der Waals surface area contributed by atoms with E-state index in [0.29, 0.717) is 12.0 Å². The fraction of sp³-hybridized carbons (Fsp3) is 0.333. The Morgan fingerprint density at radius 1 is 1.38 bits per heavy atom. The number of likely N-dealkylation sites (N-methyl/N-ethyl adjacent to an activating group) is 1. The maximum absolute atomic E-state index is 13.8. The van der Waals surface area contributed by atoms with Crippen LogP contribution in [0.5, 0.6) is 0 Å². The summed E-state index contributed by atoms with van der Waals surface area (Å²) in [4.78, 5) is 24.4. The average molecular weight is 292 g/mol. The molecule has 5 nitrogen and oxygen atoms in total. The number of aliphatic hydroxyl groups is 1. The van der Waals surface area contributed by atoms with Gasteiger partial charge in [-0.2, -0.15) is 0 Å². The van der Waals surface area contributed by atoms with E-state index in [-0.39, 0.29) is 24.6 Å². The Labute approximate surface area is 122 Å². The maximum Gasteiger partial charge on any atom is 0.254 e. The van der Waals surface area contributed by atoms with E-state index in [4.69, 9.17) is 5.11 Å². The van der Waals surface area contributed by atoms with Gasteiger partial charge in [0.05, 0.1) is 18.7 Å². The minimum atomic E-state index is -0.708. The van der Waals surface area contributed by atoms with Gasteiger partial charge in [-0.25, -0.2) is 4.39 Å². The summed E-state index contributed by atoms with van der Waals surface area (Å²) in [5.74, 6) is 3.69. The van der Waals surface area contributed by atoms with E-state index in [1.54, 1.807) is 14.1 Å². The zero-order valence-electron chi connectivity index (χ0n) is 11.9. The fourth-order valence-corrected chi connectivity index (χ4v) is 1.41. The molecule has 0 heterocycles. The molecule has 0 saturated heterocycles. The molecule has 1 rings (SSSR count). The molecule has 112 valence electrons. The van der Waals surface area contributed by atoms with Crippen LogP contribution in [0.2, 0.25) is 0 Å². The molecule has 0 radical (unpaired) electrons. The fourth-order valence-electron chi connectivity index (χ4n) is 1.41. The number of halogens is 1. The lowest BCUT2D eigenvalue weighted by Crippen LogP contribution is -2.36. The van der Waals surface area contributed by atoms with E-state index in [0.717, 1.165) is 6.07 Å². The zero-order chi connectivity index (χ0) is 15.8. The van der Waals surface area contributed by atoms with Crippen molar-refractivity contribution in [2.24, 2.45) is 0 Å². The Hall–Kier alpha value is -2.39. The number of carbonyl (C=O) groups excluding carboxylic acids is 2. The third-order valence-electron chi connectivity index (χ3n) is 2.58. The van der Waals surface area contributed by atoms with Gasteiger partial charge in [0.2, 0.25) is 5.91 Å². The van der Waals surface area contributed by atoms with E-state index in [9.17, 15) is 14.0 Å². The summed E-state index contributed by atoms with van der Waals surface area (Å²) in [5, 5.41) is 11.0. The van der Waals surface area contributed by atoms with Crippen LogP contribution in [-0.4, -0.2) is 49.1 Å². The molecule has 0 unspecified atom stereocenters. The van der Waals surface area contributed by atoms with Gasteiger partial charge in [0.15, 0.2) is 0 Å². The van der Waals surface area contributed by atoms with E-state index in [1.807, 2.05) is 0 Å². The molecule has 21 heavy (non-hydrogen) atoms. The number of carbonyl (C=O) groups is 2. The number of rotatable bonds is 4. The van der Waals surface area contributed by atoms with Crippen molar-refractivity contribution >= 4 is 11.8 Å². The minimum Gasteiger partial charge on any atom is -0.395 e. The number of hydrogen-bond donors (Lipinski definition) is 2. The highest BCUT2D eigenvalue weighted by Crippen LogP contribution is 2.10. The molecule has 0 aliphatic heterocycles. The summed E-state index contributed by atoms with van der Waals surface area (Å²) < 4.78 is 13.8. The lowest BCUT2D eigenvalue weighted by atomic mass is 10.1. The molecule has 0 atom stereocenters. The van der Waals surface area contributed by atoms with Gasteiger partial charge in [-0.15, -0.1) is 0 Å². The van der Waals surface area contributed by atoms with Crippen molar-refractivity contribution in [2.75, 3.05) is 27.2 Å². The molecule has 0 saturated carbocycles. The Balaban J connectivity index is 2.74. The first-order valence-corrected chi connectivity index (χ1v) is 6.33. The predicted molar refractivity (Wildman–Crippen MR) is 76.0 cm³/mol. The first kappa shape index (κ1) is 16.7. The van der Waals surface area contributed by atoms with E-state index < -0.39 is 11.7 Å². The molecule has 0 spiro atoms. The molecule has 6 heteroatoms. The van der Waals surface area contributed by atoms with Gasteiger partial charge in [-0.1, -0.05) is 11.8 Å². The average Bonchev–Trinajstić information content (AvgIpc) is 2.44. The van der Waals surface area contributed by atoms with Gasteiger partial charge in [0.1, 0.15) is 5.82 Å². The molecule has 1 aromatic carbocycles. The van der Waals surface area contributed by atoms with Crippen molar-refractivity contribution in [3.8, 4) is 11.8 Å². The third-order valence-corrected chi connectivity index (χ3v) is 2.58. The molecular weight excluding hydrogens is 275 g/mol. The third kappa shape index (κ3) is 5.24. The number of benzene rings is 1. The highest BCUT2D eigenvalue weighted by Gasteiger charge is 2.13. The maximum atomic E-state index is 13.8. The number of aliphatic hydroxyl groups excluding tert-OH is 1. The first-order valence-electron chi connectivity index (χ1n) is 6.33. The monoisotopic (exact) mass is 292 g/mol. The van der Waals surface area contributed by atoms with Crippen LogP contribution >= 0.6 is 0 Å². The van der Waals surface area contributed by atoms with Crippen LogP contribution in [0.1, 0.15) is 22.3 Å². The molecule has 0 aliphatic carbocycles. The number of amides is 2. The SMILES string of the molecule is CN(C)C(=O)CNC(=O)c1ccc(C#CCCO)cc1F. The summed E-state index contributed by atoms with van der Waals surface area (Å²) in [7, 11) is 3.13. The quantitative estimate of drug-likeness (QED) is 0.788. The lowest BCUT2D eigenvalue weighted by Gasteiger charge is -2.11. The molecule has 0 bridgehead atoms. The summed E-state index contributed by atoms with van der Waals surface area (Å²) in [5.41, 5.74) is 0.274. The van der Waals surface area contributed by atoms with Crippen LogP contribution in [0.3, 0.4) is 0 Å². The Kier molecular flexibility index (Phi) is 6.37. The summed E-state index contributed by atoms with van der Waals surface area (Å²) in [6, 6.07) is 3.97. The van der Waals surface area contributed by atoms with Crippen molar-refractivity contribution < 1.29 is 19.1 Å². The smallest absolute Gasteiger partial charge is 0.254 e. The summed E-state index contributed by atoms with van der Waals surface area (Å²) in [6.45, 7) is -0.251. The highest BCUT2D eigenvalue weighted by atomic mass is 19.1. The first-order chi connectivity index (χ1) is 9.95. The van der Waals surface area contributed by atoms with Crippen molar-refractivity contribution in [3.63, 3.8) is 0 Å². The Bertz CT molecular complexity index is 588. The molecular formula is C15H17FN2O3. The number of nitrogens with one attached hydrogen (secondary N) is 1. The second-order valence-electron chi connectivity index (χ2n) is 4.44.